The fourth-order valence-corrected chi connectivity index (χ4v) is 3.00. The fourth-order valence-electron chi connectivity index (χ4n) is 3.00. The summed E-state index contributed by atoms with van der Waals surface area (Å²) in [5, 5.41) is 11.1. The van der Waals surface area contributed by atoms with E-state index in [-0.39, 0.29) is 0 Å². The molecule has 0 unspecified atom stereocenters. The van der Waals surface area contributed by atoms with Crippen molar-refractivity contribution < 1.29 is 14.6 Å². The van der Waals surface area contributed by atoms with Crippen molar-refractivity contribution in [2.24, 2.45) is 0 Å². The Morgan fingerprint density at radius 3 is 2.86 bits per heavy atom. The second kappa shape index (κ2) is 5.97. The molecular formula is C18H21NO3. The van der Waals surface area contributed by atoms with E-state index in [0.29, 0.717) is 31.0 Å². The molecule has 0 spiro atoms. The highest BCUT2D eigenvalue weighted by atomic mass is 16.5. The zero-order chi connectivity index (χ0) is 15.6. The van der Waals surface area contributed by atoms with E-state index in [4.69, 9.17) is 9.47 Å². The summed E-state index contributed by atoms with van der Waals surface area (Å²) in [6.07, 6.45) is 2.02. The first-order chi connectivity index (χ1) is 10.6. The van der Waals surface area contributed by atoms with Crippen molar-refractivity contribution in [1.29, 1.82) is 0 Å². The molecule has 1 atom stereocenters. The number of aromatic nitrogens is 1. The molecule has 1 aliphatic carbocycles. The van der Waals surface area contributed by atoms with Gasteiger partial charge >= 0.3 is 0 Å². The van der Waals surface area contributed by atoms with E-state index in [9.17, 15) is 5.11 Å². The second-order valence-electron chi connectivity index (χ2n) is 5.64. The van der Waals surface area contributed by atoms with Crippen LogP contribution in [-0.4, -0.2) is 23.8 Å². The van der Waals surface area contributed by atoms with Crippen molar-refractivity contribution in [3.8, 4) is 11.6 Å². The van der Waals surface area contributed by atoms with E-state index in [1.165, 1.54) is 5.56 Å². The maximum atomic E-state index is 11.1. The maximum absolute atomic E-state index is 11.1. The third-order valence-corrected chi connectivity index (χ3v) is 4.20. The lowest BCUT2D eigenvalue weighted by Crippen LogP contribution is -2.34. The molecular weight excluding hydrogens is 278 g/mol. The third kappa shape index (κ3) is 2.79. The molecule has 1 heterocycles. The number of nitrogens with zero attached hydrogens (tertiary/aromatic N) is 1. The first kappa shape index (κ1) is 14.9. The highest BCUT2D eigenvalue weighted by Crippen LogP contribution is 2.37. The van der Waals surface area contributed by atoms with E-state index in [2.05, 4.69) is 11.1 Å². The molecule has 3 rings (SSSR count). The van der Waals surface area contributed by atoms with Gasteiger partial charge in [-0.25, -0.2) is 4.98 Å². The molecule has 2 aromatic rings. The Morgan fingerprint density at radius 2 is 2.09 bits per heavy atom. The van der Waals surface area contributed by atoms with Gasteiger partial charge in [0, 0.05) is 12.5 Å². The van der Waals surface area contributed by atoms with Gasteiger partial charge in [0.1, 0.15) is 11.4 Å². The molecule has 4 nitrogen and oxygen atoms in total. The monoisotopic (exact) mass is 299 g/mol. The maximum Gasteiger partial charge on any atom is 0.213 e. The average molecular weight is 299 g/mol. The van der Waals surface area contributed by atoms with Gasteiger partial charge in [0.05, 0.1) is 19.4 Å². The topological polar surface area (TPSA) is 51.6 Å². The number of pyridine rings is 1. The Hall–Kier alpha value is -2.07. The summed E-state index contributed by atoms with van der Waals surface area (Å²) in [5.41, 5.74) is 2.14. The summed E-state index contributed by atoms with van der Waals surface area (Å²) >= 11 is 0. The number of aryl methyl sites for hydroxylation is 1. The summed E-state index contributed by atoms with van der Waals surface area (Å²) in [4.78, 5) is 4.47. The molecule has 0 radical (unpaired) electrons. The number of hydrogen-bond donors (Lipinski definition) is 1. The van der Waals surface area contributed by atoms with E-state index in [1.54, 1.807) is 7.11 Å². The summed E-state index contributed by atoms with van der Waals surface area (Å²) < 4.78 is 10.7. The van der Waals surface area contributed by atoms with Crippen molar-refractivity contribution in [3.63, 3.8) is 0 Å². The molecule has 0 aliphatic heterocycles. The van der Waals surface area contributed by atoms with E-state index < -0.39 is 5.60 Å². The number of hydrogen-bond acceptors (Lipinski definition) is 4. The number of benzene rings is 1. The molecule has 22 heavy (non-hydrogen) atoms. The summed E-state index contributed by atoms with van der Waals surface area (Å²) in [5.74, 6) is 1.43. The van der Waals surface area contributed by atoms with Gasteiger partial charge in [0.15, 0.2) is 0 Å². The zero-order valence-corrected chi connectivity index (χ0v) is 13.0. The third-order valence-electron chi connectivity index (χ3n) is 4.20. The van der Waals surface area contributed by atoms with Gasteiger partial charge in [0.2, 0.25) is 5.88 Å². The van der Waals surface area contributed by atoms with Crippen LogP contribution < -0.4 is 9.47 Å². The molecule has 116 valence electrons. The van der Waals surface area contributed by atoms with E-state index in [0.717, 1.165) is 17.7 Å². The minimum Gasteiger partial charge on any atom is -0.497 e. The van der Waals surface area contributed by atoms with Gasteiger partial charge in [0.25, 0.3) is 0 Å². The largest absolute Gasteiger partial charge is 0.497 e. The molecule has 1 N–H and O–H groups in total. The Kier molecular flexibility index (Phi) is 4.03. The van der Waals surface area contributed by atoms with Crippen LogP contribution in [0.5, 0.6) is 11.6 Å². The van der Waals surface area contributed by atoms with E-state index in [1.807, 2.05) is 37.3 Å². The summed E-state index contributed by atoms with van der Waals surface area (Å²) in [6, 6.07) is 11.6. The number of methoxy groups -OCH3 is 1. The molecule has 0 saturated carbocycles. The van der Waals surface area contributed by atoms with Crippen molar-refractivity contribution in [1.82, 2.24) is 4.98 Å². The van der Waals surface area contributed by atoms with Crippen molar-refractivity contribution in [2.75, 3.05) is 13.7 Å². The van der Waals surface area contributed by atoms with Crippen LogP contribution >= 0.6 is 0 Å². The number of fused-ring (bicyclic) bond motifs is 1. The first-order valence-corrected chi connectivity index (χ1v) is 7.63. The van der Waals surface area contributed by atoms with Crippen LogP contribution in [0.1, 0.15) is 30.2 Å². The van der Waals surface area contributed by atoms with Gasteiger partial charge in [-0.05, 0) is 49.1 Å². The first-order valence-electron chi connectivity index (χ1n) is 7.63. The molecule has 0 amide bonds. The van der Waals surface area contributed by atoms with Crippen molar-refractivity contribution in [3.05, 3.63) is 53.2 Å². The smallest absolute Gasteiger partial charge is 0.213 e. The Labute approximate surface area is 130 Å². The minimum atomic E-state index is -0.936. The SMILES string of the molecule is CCOc1cccc([C@@]2(O)CCc3cc(OC)ccc3C2)n1. The normalized spacial score (nSPS) is 20.3. The lowest BCUT2D eigenvalue weighted by molar-refractivity contribution is 0.0173. The molecule has 0 saturated heterocycles. The number of rotatable bonds is 4. The average Bonchev–Trinajstić information content (AvgIpc) is 2.55. The molecule has 1 aliphatic rings. The predicted octanol–water partition coefficient (Wildman–Crippen LogP) is 2.87. The lowest BCUT2D eigenvalue weighted by atomic mass is 9.78. The minimum absolute atomic E-state index is 0.564. The quantitative estimate of drug-likeness (QED) is 0.943. The predicted molar refractivity (Wildman–Crippen MR) is 84.3 cm³/mol. The van der Waals surface area contributed by atoms with Crippen LogP contribution in [0.2, 0.25) is 0 Å². The van der Waals surface area contributed by atoms with Crippen LogP contribution in [0.3, 0.4) is 0 Å². The highest BCUT2D eigenvalue weighted by Gasteiger charge is 2.35. The van der Waals surface area contributed by atoms with Gasteiger partial charge in [-0.2, -0.15) is 0 Å². The van der Waals surface area contributed by atoms with E-state index >= 15 is 0 Å². The van der Waals surface area contributed by atoms with Crippen LogP contribution in [0.25, 0.3) is 0 Å². The van der Waals surface area contributed by atoms with Gasteiger partial charge < -0.3 is 14.6 Å². The van der Waals surface area contributed by atoms with Crippen molar-refractivity contribution >= 4 is 0 Å². The Balaban J connectivity index is 1.89. The van der Waals surface area contributed by atoms with Crippen LogP contribution in [0, 0.1) is 0 Å². The Bertz CT molecular complexity index is 671. The molecule has 1 aromatic carbocycles. The zero-order valence-electron chi connectivity index (χ0n) is 13.0. The van der Waals surface area contributed by atoms with Crippen LogP contribution in [0.4, 0.5) is 0 Å². The standard InChI is InChI=1S/C18H21NO3/c1-3-22-17-6-4-5-16(19-17)18(20)10-9-13-11-15(21-2)8-7-14(13)12-18/h4-8,11,20H,3,9-10,12H2,1-2H3/t18-/m1/s1. The van der Waals surface area contributed by atoms with Crippen LogP contribution in [-0.2, 0) is 18.4 Å². The van der Waals surface area contributed by atoms with Crippen molar-refractivity contribution in [2.45, 2.75) is 31.8 Å². The molecule has 1 aromatic heterocycles. The molecule has 0 fully saturated rings. The number of aliphatic hydroxyl groups is 1. The Morgan fingerprint density at radius 1 is 1.23 bits per heavy atom. The lowest BCUT2D eigenvalue weighted by Gasteiger charge is -2.33. The summed E-state index contributed by atoms with van der Waals surface area (Å²) in [6.45, 7) is 2.49. The fraction of sp³-hybridized carbons (Fsp3) is 0.389. The summed E-state index contributed by atoms with van der Waals surface area (Å²) in [7, 11) is 1.67. The molecule has 4 heteroatoms. The number of ether oxygens (including phenoxy) is 2. The second-order valence-corrected chi connectivity index (χ2v) is 5.64. The molecule has 0 bridgehead atoms. The van der Waals surface area contributed by atoms with Gasteiger partial charge in [-0.15, -0.1) is 0 Å². The van der Waals surface area contributed by atoms with Crippen LogP contribution in [0.15, 0.2) is 36.4 Å². The van der Waals surface area contributed by atoms with Gasteiger partial charge in [-0.3, -0.25) is 0 Å². The highest BCUT2D eigenvalue weighted by molar-refractivity contribution is 5.40. The van der Waals surface area contributed by atoms with Gasteiger partial charge in [-0.1, -0.05) is 12.1 Å².